The highest BCUT2D eigenvalue weighted by Gasteiger charge is 2.30. The van der Waals surface area contributed by atoms with Crippen LogP contribution in [0.4, 0.5) is 10.2 Å². The average molecular weight is 554 g/mol. The molecule has 2 aromatic heterocycles. The third-order valence-electron chi connectivity index (χ3n) is 6.51. The molecule has 2 aromatic carbocycles. The molecule has 8 nitrogen and oxygen atoms in total. The highest BCUT2D eigenvalue weighted by Crippen LogP contribution is 2.38. The van der Waals surface area contributed by atoms with E-state index in [4.69, 9.17) is 23.2 Å². The minimum atomic E-state index is -0.726. The summed E-state index contributed by atoms with van der Waals surface area (Å²) in [5.74, 6) is -0.930. The summed E-state index contributed by atoms with van der Waals surface area (Å²) in [6, 6.07) is 11.9. The van der Waals surface area contributed by atoms with Crippen molar-refractivity contribution in [3.8, 4) is 22.7 Å². The van der Waals surface area contributed by atoms with Crippen molar-refractivity contribution in [3.63, 3.8) is 0 Å². The Morgan fingerprint density at radius 1 is 1.13 bits per heavy atom. The summed E-state index contributed by atoms with van der Waals surface area (Å²) in [5.41, 5.74) is -0.429. The fourth-order valence-electron chi connectivity index (χ4n) is 4.70. The van der Waals surface area contributed by atoms with Crippen LogP contribution in [0.3, 0.4) is 0 Å². The Bertz CT molecular complexity index is 1640. The van der Waals surface area contributed by atoms with Crippen molar-refractivity contribution in [2.24, 2.45) is 0 Å². The topological polar surface area (TPSA) is 91.6 Å². The SMILES string of the molecule is C=CC(=O)N1CCN(c2nc(=O)n(-c3ccccc3Cl)c3nc(-c4c(O)cccc4F)c(Cl)cc23)[C@@H](C)C1. The van der Waals surface area contributed by atoms with Gasteiger partial charge in [0.2, 0.25) is 5.91 Å². The lowest BCUT2D eigenvalue weighted by atomic mass is 10.1. The Hall–Kier alpha value is -3.95. The molecular weight excluding hydrogens is 532 g/mol. The molecule has 1 aliphatic rings. The van der Waals surface area contributed by atoms with Crippen molar-refractivity contribution >= 4 is 46.0 Å². The number of rotatable bonds is 4. The monoisotopic (exact) mass is 553 g/mol. The van der Waals surface area contributed by atoms with Gasteiger partial charge >= 0.3 is 5.69 Å². The number of phenols is 1. The summed E-state index contributed by atoms with van der Waals surface area (Å²) in [6.07, 6.45) is 1.27. The van der Waals surface area contributed by atoms with Crippen molar-refractivity contribution < 1.29 is 14.3 Å². The predicted molar refractivity (Wildman–Crippen MR) is 146 cm³/mol. The number of hydrogen-bond donors (Lipinski definition) is 1. The smallest absolute Gasteiger partial charge is 0.355 e. The number of para-hydroxylation sites is 1. The standard InChI is InChI=1S/C27H22Cl2FN5O3/c1-3-22(37)33-11-12-34(15(2)14-33)25-16-13-18(29)24(23-19(30)8-6-10-21(23)36)31-26(16)35(27(38)32-25)20-9-5-4-7-17(20)28/h3-10,13,15,36H,1,11-12,14H2,2H3/t15-/m0/s1. The van der Waals surface area contributed by atoms with Gasteiger partial charge in [-0.3, -0.25) is 4.79 Å². The van der Waals surface area contributed by atoms with E-state index in [1.165, 1.54) is 28.8 Å². The molecule has 1 N–H and O–H groups in total. The summed E-state index contributed by atoms with van der Waals surface area (Å²) >= 11 is 13.1. The lowest BCUT2D eigenvalue weighted by Crippen LogP contribution is -2.54. The molecule has 0 aliphatic carbocycles. The van der Waals surface area contributed by atoms with Crippen LogP contribution in [0.5, 0.6) is 5.75 Å². The third kappa shape index (κ3) is 4.37. The van der Waals surface area contributed by atoms with E-state index in [1.807, 2.05) is 11.8 Å². The van der Waals surface area contributed by atoms with Crippen LogP contribution < -0.4 is 10.6 Å². The van der Waals surface area contributed by atoms with Gasteiger partial charge < -0.3 is 14.9 Å². The molecule has 38 heavy (non-hydrogen) atoms. The van der Waals surface area contributed by atoms with Crippen LogP contribution in [0.25, 0.3) is 28.0 Å². The van der Waals surface area contributed by atoms with E-state index in [1.54, 1.807) is 35.2 Å². The average Bonchev–Trinajstić information content (AvgIpc) is 2.89. The zero-order valence-corrected chi connectivity index (χ0v) is 21.7. The molecule has 1 fully saturated rings. The van der Waals surface area contributed by atoms with E-state index in [0.717, 1.165) is 0 Å². The summed E-state index contributed by atoms with van der Waals surface area (Å²) in [6.45, 7) is 6.65. The second-order valence-electron chi connectivity index (χ2n) is 8.86. The number of carbonyl (C=O) groups excluding carboxylic acids is 1. The lowest BCUT2D eigenvalue weighted by Gasteiger charge is -2.40. The van der Waals surface area contributed by atoms with Gasteiger partial charge in [-0.1, -0.05) is 48.0 Å². The van der Waals surface area contributed by atoms with Gasteiger partial charge in [-0.2, -0.15) is 4.98 Å². The number of fused-ring (bicyclic) bond motifs is 1. The van der Waals surface area contributed by atoms with Crippen molar-refractivity contribution in [2.45, 2.75) is 13.0 Å². The van der Waals surface area contributed by atoms with Crippen LogP contribution in [0.1, 0.15) is 6.92 Å². The lowest BCUT2D eigenvalue weighted by molar-refractivity contribution is -0.126. The Kier molecular flexibility index (Phi) is 6.81. The summed E-state index contributed by atoms with van der Waals surface area (Å²) in [4.78, 5) is 38.3. The van der Waals surface area contributed by atoms with E-state index in [-0.39, 0.29) is 44.6 Å². The molecule has 0 saturated carbocycles. The molecule has 11 heteroatoms. The van der Waals surface area contributed by atoms with Crippen LogP contribution in [0.15, 0.2) is 66.0 Å². The van der Waals surface area contributed by atoms with Gasteiger partial charge in [0, 0.05) is 25.7 Å². The molecule has 5 rings (SSSR count). The first kappa shape index (κ1) is 25.7. The first-order valence-corrected chi connectivity index (χ1v) is 12.5. The van der Waals surface area contributed by atoms with Gasteiger partial charge in [-0.25, -0.2) is 18.7 Å². The Balaban J connectivity index is 1.78. The molecule has 4 aromatic rings. The number of aromatic nitrogens is 3. The van der Waals surface area contributed by atoms with Gasteiger partial charge in [-0.05, 0) is 43.3 Å². The molecule has 0 unspecified atom stereocenters. The number of piperazine rings is 1. The number of aromatic hydroxyl groups is 1. The van der Waals surface area contributed by atoms with Crippen LogP contribution in [0.2, 0.25) is 10.0 Å². The molecular formula is C27H22Cl2FN5O3. The van der Waals surface area contributed by atoms with Crippen LogP contribution in [-0.2, 0) is 4.79 Å². The molecule has 1 saturated heterocycles. The molecule has 1 atom stereocenters. The molecule has 1 amide bonds. The highest BCUT2D eigenvalue weighted by molar-refractivity contribution is 6.34. The van der Waals surface area contributed by atoms with Crippen LogP contribution >= 0.6 is 23.2 Å². The van der Waals surface area contributed by atoms with Crippen LogP contribution in [-0.4, -0.2) is 56.1 Å². The first-order chi connectivity index (χ1) is 18.2. The minimum absolute atomic E-state index is 0.0402. The molecule has 0 spiro atoms. The molecule has 194 valence electrons. The maximum Gasteiger partial charge on any atom is 0.355 e. The van der Waals surface area contributed by atoms with Gasteiger partial charge in [0.25, 0.3) is 0 Å². The fourth-order valence-corrected chi connectivity index (χ4v) is 5.16. The van der Waals surface area contributed by atoms with Crippen molar-refractivity contribution in [1.82, 2.24) is 19.4 Å². The summed E-state index contributed by atoms with van der Waals surface area (Å²) in [5, 5.41) is 11.2. The van der Waals surface area contributed by atoms with Crippen molar-refractivity contribution in [2.75, 3.05) is 24.5 Å². The number of amides is 1. The third-order valence-corrected chi connectivity index (χ3v) is 7.12. The quantitative estimate of drug-likeness (QED) is 0.364. The largest absolute Gasteiger partial charge is 0.507 e. The molecule has 0 bridgehead atoms. The number of hydrogen-bond acceptors (Lipinski definition) is 6. The van der Waals surface area contributed by atoms with E-state index in [2.05, 4.69) is 16.5 Å². The van der Waals surface area contributed by atoms with E-state index < -0.39 is 11.5 Å². The minimum Gasteiger partial charge on any atom is -0.507 e. The number of carbonyl (C=O) groups is 1. The normalized spacial score (nSPS) is 15.6. The van der Waals surface area contributed by atoms with Crippen molar-refractivity contribution in [3.05, 3.63) is 87.5 Å². The van der Waals surface area contributed by atoms with E-state index in [0.29, 0.717) is 36.5 Å². The maximum atomic E-state index is 14.8. The van der Waals surface area contributed by atoms with Gasteiger partial charge in [0.05, 0.1) is 32.4 Å². The number of benzene rings is 2. The van der Waals surface area contributed by atoms with Crippen LogP contribution in [0, 0.1) is 5.82 Å². The second kappa shape index (κ2) is 10.1. The fraction of sp³-hybridized carbons (Fsp3) is 0.185. The van der Waals surface area contributed by atoms with Gasteiger partial charge in [-0.15, -0.1) is 0 Å². The number of anilines is 1. The van der Waals surface area contributed by atoms with E-state index >= 15 is 0 Å². The first-order valence-electron chi connectivity index (χ1n) is 11.7. The zero-order chi connectivity index (χ0) is 27.1. The second-order valence-corrected chi connectivity index (χ2v) is 9.67. The highest BCUT2D eigenvalue weighted by atomic mass is 35.5. The Labute approximate surface area is 227 Å². The molecule has 3 heterocycles. The van der Waals surface area contributed by atoms with E-state index in [9.17, 15) is 19.1 Å². The number of pyridine rings is 1. The van der Waals surface area contributed by atoms with Gasteiger partial charge in [0.15, 0.2) is 5.65 Å². The molecule has 1 aliphatic heterocycles. The maximum absolute atomic E-state index is 14.8. The zero-order valence-electron chi connectivity index (χ0n) is 20.2. The van der Waals surface area contributed by atoms with Gasteiger partial charge in [0.1, 0.15) is 17.4 Å². The summed E-state index contributed by atoms with van der Waals surface area (Å²) in [7, 11) is 0. The molecule has 0 radical (unpaired) electrons. The Morgan fingerprint density at radius 2 is 1.89 bits per heavy atom. The number of phenolic OH excluding ortho intramolecular Hbond substituents is 1. The summed E-state index contributed by atoms with van der Waals surface area (Å²) < 4.78 is 16.1. The Morgan fingerprint density at radius 3 is 2.58 bits per heavy atom. The number of nitrogens with zero attached hydrogens (tertiary/aromatic N) is 5. The predicted octanol–water partition coefficient (Wildman–Crippen LogP) is 4.82. The number of halogens is 3. The van der Waals surface area contributed by atoms with Crippen molar-refractivity contribution in [1.29, 1.82) is 0 Å².